The van der Waals surface area contributed by atoms with Crippen LogP contribution >= 0.6 is 11.8 Å². The topological polar surface area (TPSA) is 58.5 Å². The van der Waals surface area contributed by atoms with Crippen LogP contribution in [-0.2, 0) is 6.54 Å². The van der Waals surface area contributed by atoms with Crippen LogP contribution in [0.5, 0.6) is 5.88 Å². The first-order valence-corrected chi connectivity index (χ1v) is 11.2. The Hall–Kier alpha value is -1.43. The number of aliphatic imine (C=N–C) groups is 1. The quantitative estimate of drug-likeness (QED) is 0.561. The van der Waals surface area contributed by atoms with E-state index in [2.05, 4.69) is 34.9 Å². The van der Waals surface area contributed by atoms with Crippen molar-refractivity contribution in [3.05, 3.63) is 23.9 Å². The second kappa shape index (κ2) is 10.0. The van der Waals surface area contributed by atoms with Crippen LogP contribution in [0.2, 0.25) is 0 Å². The first-order valence-electron chi connectivity index (χ1n) is 9.96. The van der Waals surface area contributed by atoms with E-state index in [4.69, 9.17) is 9.73 Å². The number of nitrogens with one attached hydrogen (secondary N) is 2. The molecule has 2 aliphatic rings. The maximum atomic E-state index is 5.93. The summed E-state index contributed by atoms with van der Waals surface area (Å²) in [5, 5.41) is 7.73. The third-order valence-electron chi connectivity index (χ3n) is 5.21. The number of pyridine rings is 1. The first kappa shape index (κ1) is 19.3. The molecule has 6 heteroatoms. The third kappa shape index (κ3) is 5.79. The summed E-state index contributed by atoms with van der Waals surface area (Å²) < 4.78 is 5.93. The molecule has 3 rings (SSSR count). The van der Waals surface area contributed by atoms with Crippen molar-refractivity contribution in [2.24, 2.45) is 4.99 Å². The van der Waals surface area contributed by atoms with E-state index in [-0.39, 0.29) is 0 Å². The molecule has 1 heterocycles. The number of hydrogen-bond donors (Lipinski definition) is 2. The molecular formula is C20H32N4OS. The highest BCUT2D eigenvalue weighted by Gasteiger charge is 2.24. The van der Waals surface area contributed by atoms with Crippen LogP contribution in [-0.4, -0.2) is 41.1 Å². The van der Waals surface area contributed by atoms with Gasteiger partial charge < -0.3 is 15.4 Å². The van der Waals surface area contributed by atoms with E-state index < -0.39 is 0 Å². The maximum Gasteiger partial charge on any atom is 0.213 e. The fraction of sp³-hybridized carbons (Fsp3) is 0.700. The number of hydrogen-bond acceptors (Lipinski definition) is 4. The molecule has 1 aromatic heterocycles. The summed E-state index contributed by atoms with van der Waals surface area (Å²) >= 11 is 1.98. The van der Waals surface area contributed by atoms with Gasteiger partial charge in [0.25, 0.3) is 0 Å². The zero-order valence-corrected chi connectivity index (χ0v) is 16.9. The van der Waals surface area contributed by atoms with E-state index in [0.29, 0.717) is 18.7 Å². The van der Waals surface area contributed by atoms with Crippen LogP contribution in [0, 0.1) is 0 Å². The Kier molecular flexibility index (Phi) is 7.47. The van der Waals surface area contributed by atoms with E-state index in [1.807, 2.05) is 24.0 Å². The van der Waals surface area contributed by atoms with Gasteiger partial charge >= 0.3 is 0 Å². The molecule has 0 amide bonds. The highest BCUT2D eigenvalue weighted by molar-refractivity contribution is 7.99. The van der Waals surface area contributed by atoms with Crippen LogP contribution in [0.25, 0.3) is 0 Å². The number of thioether (sulfide) groups is 1. The van der Waals surface area contributed by atoms with E-state index in [1.54, 1.807) is 0 Å². The second-order valence-electron chi connectivity index (χ2n) is 7.24. The summed E-state index contributed by atoms with van der Waals surface area (Å²) in [4.78, 5) is 9.19. The minimum Gasteiger partial charge on any atom is -0.474 e. The Morgan fingerprint density at radius 2 is 2.12 bits per heavy atom. The molecule has 26 heavy (non-hydrogen) atoms. The average Bonchev–Trinajstić information content (AvgIpc) is 3.33. The molecule has 0 radical (unpaired) electrons. The summed E-state index contributed by atoms with van der Waals surface area (Å²) in [6.07, 6.45) is 13.1. The van der Waals surface area contributed by atoms with E-state index in [0.717, 1.165) is 42.0 Å². The fourth-order valence-electron chi connectivity index (χ4n) is 3.72. The van der Waals surface area contributed by atoms with Crippen LogP contribution in [0.1, 0.15) is 57.4 Å². The monoisotopic (exact) mass is 376 g/mol. The summed E-state index contributed by atoms with van der Waals surface area (Å²) in [5.74, 6) is 1.65. The van der Waals surface area contributed by atoms with E-state index >= 15 is 0 Å². The minimum atomic E-state index is 0.354. The predicted molar refractivity (Wildman–Crippen MR) is 110 cm³/mol. The number of guanidine groups is 1. The van der Waals surface area contributed by atoms with Gasteiger partial charge in [-0.2, -0.15) is 11.8 Å². The second-order valence-corrected chi connectivity index (χ2v) is 8.37. The molecule has 0 aliphatic heterocycles. The van der Waals surface area contributed by atoms with Crippen LogP contribution < -0.4 is 15.4 Å². The van der Waals surface area contributed by atoms with Gasteiger partial charge in [-0.25, -0.2) is 9.98 Å². The van der Waals surface area contributed by atoms with Gasteiger partial charge in [0.15, 0.2) is 5.96 Å². The van der Waals surface area contributed by atoms with Crippen LogP contribution in [0.4, 0.5) is 0 Å². The Morgan fingerprint density at radius 3 is 2.77 bits per heavy atom. The lowest BCUT2D eigenvalue weighted by Crippen LogP contribution is -2.42. The van der Waals surface area contributed by atoms with Gasteiger partial charge in [-0.3, -0.25) is 0 Å². The van der Waals surface area contributed by atoms with Crippen molar-refractivity contribution in [3.8, 4) is 5.88 Å². The Labute approximate surface area is 161 Å². The number of nitrogens with zero attached hydrogens (tertiary/aromatic N) is 2. The molecule has 2 saturated carbocycles. The number of ether oxygens (including phenoxy) is 1. The van der Waals surface area contributed by atoms with Gasteiger partial charge in [0, 0.05) is 30.1 Å². The van der Waals surface area contributed by atoms with Crippen molar-refractivity contribution in [2.45, 2.75) is 75.8 Å². The van der Waals surface area contributed by atoms with Gasteiger partial charge in [0.1, 0.15) is 6.10 Å². The summed E-state index contributed by atoms with van der Waals surface area (Å²) in [6, 6.07) is 4.58. The van der Waals surface area contributed by atoms with Crippen molar-refractivity contribution in [1.82, 2.24) is 15.6 Å². The highest BCUT2D eigenvalue weighted by atomic mass is 32.2. The maximum absolute atomic E-state index is 5.93. The van der Waals surface area contributed by atoms with E-state index in [9.17, 15) is 0 Å². The normalized spacial score (nSPS) is 24.0. The molecule has 144 valence electrons. The predicted octanol–water partition coefficient (Wildman–Crippen LogP) is 3.74. The molecule has 0 aromatic carbocycles. The lowest BCUT2D eigenvalue weighted by Gasteiger charge is -2.17. The molecule has 1 aromatic rings. The molecular weight excluding hydrogens is 344 g/mol. The summed E-state index contributed by atoms with van der Waals surface area (Å²) in [7, 11) is 0. The van der Waals surface area contributed by atoms with Crippen molar-refractivity contribution in [3.63, 3.8) is 0 Å². The number of aromatic nitrogens is 1. The average molecular weight is 377 g/mol. The largest absolute Gasteiger partial charge is 0.474 e. The van der Waals surface area contributed by atoms with Crippen molar-refractivity contribution < 1.29 is 4.74 Å². The molecule has 0 bridgehead atoms. The molecule has 2 atom stereocenters. The Morgan fingerprint density at radius 1 is 1.27 bits per heavy atom. The smallest absolute Gasteiger partial charge is 0.213 e. The third-order valence-corrected chi connectivity index (χ3v) is 6.30. The van der Waals surface area contributed by atoms with Gasteiger partial charge in [0.05, 0.1) is 6.54 Å². The molecule has 5 nitrogen and oxygen atoms in total. The molecule has 2 N–H and O–H groups in total. The van der Waals surface area contributed by atoms with Gasteiger partial charge in [0.2, 0.25) is 5.88 Å². The first-order chi connectivity index (χ1) is 12.8. The molecule has 2 aliphatic carbocycles. The van der Waals surface area contributed by atoms with Gasteiger partial charge in [-0.1, -0.05) is 6.07 Å². The molecule has 2 fully saturated rings. The van der Waals surface area contributed by atoms with Crippen molar-refractivity contribution in [1.29, 1.82) is 0 Å². The Balaban J connectivity index is 1.51. The highest BCUT2D eigenvalue weighted by Crippen LogP contribution is 2.28. The zero-order valence-electron chi connectivity index (χ0n) is 16.0. The zero-order chi connectivity index (χ0) is 18.2. The molecule has 0 saturated heterocycles. The number of rotatable bonds is 7. The molecule has 2 unspecified atom stereocenters. The Bertz CT molecular complexity index is 572. The molecule has 0 spiro atoms. The lowest BCUT2D eigenvalue weighted by molar-refractivity contribution is 0.201. The summed E-state index contributed by atoms with van der Waals surface area (Å²) in [6.45, 7) is 3.61. The van der Waals surface area contributed by atoms with Crippen molar-refractivity contribution >= 4 is 17.7 Å². The van der Waals surface area contributed by atoms with Crippen LogP contribution in [0.3, 0.4) is 0 Å². The SMILES string of the molecule is CCNC(=NCc1ccc(OC2CCCC2)nc1)NC1CCC(SC)C1. The summed E-state index contributed by atoms with van der Waals surface area (Å²) in [5.41, 5.74) is 1.11. The standard InChI is InChI=1S/C20H32N4OS/c1-3-21-20(24-16-9-10-18(12-16)26-2)23-14-15-8-11-19(22-13-15)25-17-6-4-5-7-17/h8,11,13,16-18H,3-7,9-10,12,14H2,1-2H3,(H2,21,23,24). The van der Waals surface area contributed by atoms with Gasteiger partial charge in [-0.05, 0) is 63.7 Å². The van der Waals surface area contributed by atoms with Crippen molar-refractivity contribution in [2.75, 3.05) is 12.8 Å². The van der Waals surface area contributed by atoms with Crippen LogP contribution in [0.15, 0.2) is 23.3 Å². The minimum absolute atomic E-state index is 0.354. The fourth-order valence-corrected chi connectivity index (χ4v) is 4.52. The van der Waals surface area contributed by atoms with E-state index in [1.165, 1.54) is 32.1 Å². The van der Waals surface area contributed by atoms with Gasteiger partial charge in [-0.15, -0.1) is 0 Å². The lowest BCUT2D eigenvalue weighted by atomic mass is 10.2.